The van der Waals surface area contributed by atoms with Crippen molar-refractivity contribution in [2.24, 2.45) is 5.92 Å². The summed E-state index contributed by atoms with van der Waals surface area (Å²) in [5.41, 5.74) is 0.620. The molecule has 2 amide bonds. The number of hydrogen-bond donors (Lipinski definition) is 3. The number of nitrogens with zero attached hydrogens (tertiary/aromatic N) is 1. The summed E-state index contributed by atoms with van der Waals surface area (Å²) in [5, 5.41) is 13.2. The molecule has 1 aliphatic carbocycles. The van der Waals surface area contributed by atoms with Crippen LogP contribution in [0.1, 0.15) is 51.5 Å². The first-order valence-electron chi connectivity index (χ1n) is 12.1. The fourth-order valence-electron chi connectivity index (χ4n) is 3.87. The Morgan fingerprint density at radius 2 is 2.06 bits per heavy atom. The number of rotatable bonds is 12. The molecule has 1 aromatic carbocycles. The van der Waals surface area contributed by atoms with Crippen molar-refractivity contribution < 1.29 is 28.2 Å². The van der Waals surface area contributed by atoms with Crippen molar-refractivity contribution in [2.75, 3.05) is 19.7 Å². The van der Waals surface area contributed by atoms with Crippen LogP contribution in [0, 0.1) is 17.1 Å². The van der Waals surface area contributed by atoms with Crippen molar-refractivity contribution >= 4 is 23.6 Å². The zero-order valence-electron chi connectivity index (χ0n) is 20.8. The van der Waals surface area contributed by atoms with Gasteiger partial charge in [0.25, 0.3) is 5.91 Å². The first kappa shape index (κ1) is 26.9. The van der Waals surface area contributed by atoms with Crippen LogP contribution in [0.4, 0.5) is 4.39 Å². The smallest absolute Gasteiger partial charge is 0.325 e. The Morgan fingerprint density at radius 1 is 1.31 bits per heavy atom. The lowest BCUT2D eigenvalue weighted by atomic mass is 10.0. The van der Waals surface area contributed by atoms with Crippen molar-refractivity contribution in [2.45, 2.75) is 52.0 Å². The van der Waals surface area contributed by atoms with Crippen molar-refractivity contribution in [3.63, 3.8) is 0 Å². The van der Waals surface area contributed by atoms with E-state index in [1.165, 1.54) is 29.3 Å². The third-order valence-corrected chi connectivity index (χ3v) is 5.70. The van der Waals surface area contributed by atoms with Gasteiger partial charge in [0.2, 0.25) is 5.91 Å². The number of amidine groups is 1. The first-order valence-corrected chi connectivity index (χ1v) is 12.1. The molecule has 36 heavy (non-hydrogen) atoms. The topological polar surface area (TPSA) is 121 Å². The predicted octanol–water partition coefficient (Wildman–Crippen LogP) is 2.98. The molecule has 10 heteroatoms. The number of benzene rings is 1. The van der Waals surface area contributed by atoms with E-state index in [4.69, 9.17) is 14.9 Å². The van der Waals surface area contributed by atoms with Crippen LogP contribution in [-0.2, 0) is 19.1 Å². The quantitative estimate of drug-likeness (QED) is 0.231. The summed E-state index contributed by atoms with van der Waals surface area (Å²) in [7, 11) is 0. The molecule has 9 nitrogen and oxygen atoms in total. The van der Waals surface area contributed by atoms with Gasteiger partial charge in [-0.25, -0.2) is 4.39 Å². The Morgan fingerprint density at radius 3 is 2.72 bits per heavy atom. The molecule has 1 heterocycles. The number of ether oxygens (including phenoxy) is 2. The molecule has 0 bridgehead atoms. The molecular formula is C26H33FN4O5. The maximum atomic E-state index is 14.8. The highest BCUT2D eigenvalue weighted by atomic mass is 19.1. The third kappa shape index (κ3) is 7.40. The average Bonchev–Trinajstić information content (AvgIpc) is 3.59. The standard InChI is InChI=1S/C26H33FN4O5/c1-4-35-24(33)14-29-11-10-22(28)30-26(34)20(12-16(2)3)31-15-18(13-23(31)32)36-21-7-5-6-19(25(21)27)17-8-9-17/h5-7,10-11,13,16-17,20,29H,4,8-9,12,14-15H2,1-3H3,(H2,28,30,34)/b11-10-/t20-/m0/s1. The summed E-state index contributed by atoms with van der Waals surface area (Å²) < 4.78 is 25.4. The van der Waals surface area contributed by atoms with Crippen LogP contribution in [0.5, 0.6) is 5.75 Å². The zero-order chi connectivity index (χ0) is 26.2. The van der Waals surface area contributed by atoms with Gasteiger partial charge < -0.3 is 25.0 Å². The van der Waals surface area contributed by atoms with Gasteiger partial charge in [0.1, 0.15) is 24.2 Å². The number of amides is 2. The minimum atomic E-state index is -0.848. The molecule has 1 aromatic rings. The monoisotopic (exact) mass is 500 g/mol. The van der Waals surface area contributed by atoms with E-state index in [1.54, 1.807) is 19.1 Å². The van der Waals surface area contributed by atoms with Crippen molar-refractivity contribution in [3.05, 3.63) is 53.7 Å². The van der Waals surface area contributed by atoms with Crippen LogP contribution < -0.4 is 15.4 Å². The van der Waals surface area contributed by atoms with Gasteiger partial charge in [0, 0.05) is 12.3 Å². The summed E-state index contributed by atoms with van der Waals surface area (Å²) in [6.45, 7) is 5.77. The Kier molecular flexibility index (Phi) is 9.21. The molecule has 3 rings (SSSR count). The van der Waals surface area contributed by atoms with Gasteiger partial charge in [-0.2, -0.15) is 0 Å². The highest BCUT2D eigenvalue weighted by Crippen LogP contribution is 2.43. The van der Waals surface area contributed by atoms with E-state index in [0.29, 0.717) is 12.0 Å². The van der Waals surface area contributed by atoms with Crippen LogP contribution in [0.2, 0.25) is 0 Å². The average molecular weight is 501 g/mol. The number of carbonyl (C=O) groups excluding carboxylic acids is 3. The van der Waals surface area contributed by atoms with Crippen molar-refractivity contribution in [1.29, 1.82) is 5.41 Å². The van der Waals surface area contributed by atoms with Crippen molar-refractivity contribution in [3.8, 4) is 5.75 Å². The van der Waals surface area contributed by atoms with E-state index >= 15 is 0 Å². The number of hydrogen-bond acceptors (Lipinski definition) is 7. The lowest BCUT2D eigenvalue weighted by molar-refractivity contribution is -0.141. The lowest BCUT2D eigenvalue weighted by Gasteiger charge is -2.28. The molecule has 1 atom stereocenters. The Bertz CT molecular complexity index is 1060. The number of esters is 1. The minimum Gasteiger partial charge on any atom is -0.465 e. The molecule has 194 valence electrons. The van der Waals surface area contributed by atoms with Gasteiger partial charge in [-0.15, -0.1) is 0 Å². The highest BCUT2D eigenvalue weighted by molar-refractivity contribution is 6.05. The van der Waals surface area contributed by atoms with E-state index in [2.05, 4.69) is 10.6 Å². The van der Waals surface area contributed by atoms with Crippen LogP contribution in [0.15, 0.2) is 42.3 Å². The second-order valence-electron chi connectivity index (χ2n) is 9.18. The Hall–Kier alpha value is -3.69. The SMILES string of the molecule is CCOC(=O)CN/C=C\C(=N)NC(=O)[C@H](CC(C)C)N1CC(Oc2cccc(C3CC3)c2F)=CC1=O. The summed E-state index contributed by atoms with van der Waals surface area (Å²) in [6.07, 6.45) is 6.18. The summed E-state index contributed by atoms with van der Waals surface area (Å²) in [4.78, 5) is 38.4. The first-order chi connectivity index (χ1) is 17.2. The molecule has 2 aliphatic rings. The fourth-order valence-corrected chi connectivity index (χ4v) is 3.87. The van der Waals surface area contributed by atoms with E-state index in [1.807, 2.05) is 13.8 Å². The molecule has 0 saturated heterocycles. The number of halogens is 1. The molecule has 1 fully saturated rings. The molecular weight excluding hydrogens is 467 g/mol. The number of carbonyl (C=O) groups is 3. The van der Waals surface area contributed by atoms with E-state index in [0.717, 1.165) is 12.8 Å². The molecule has 0 unspecified atom stereocenters. The largest absolute Gasteiger partial charge is 0.465 e. The van der Waals surface area contributed by atoms with Crippen LogP contribution >= 0.6 is 0 Å². The lowest BCUT2D eigenvalue weighted by Crippen LogP contribution is -2.49. The van der Waals surface area contributed by atoms with E-state index in [9.17, 15) is 18.8 Å². The molecule has 0 spiro atoms. The maximum Gasteiger partial charge on any atom is 0.325 e. The summed E-state index contributed by atoms with van der Waals surface area (Å²) >= 11 is 0. The van der Waals surface area contributed by atoms with Gasteiger partial charge >= 0.3 is 5.97 Å². The predicted molar refractivity (Wildman–Crippen MR) is 132 cm³/mol. The van der Waals surface area contributed by atoms with Gasteiger partial charge in [-0.3, -0.25) is 19.8 Å². The van der Waals surface area contributed by atoms with Crippen LogP contribution in [-0.4, -0.2) is 54.3 Å². The van der Waals surface area contributed by atoms with Gasteiger partial charge in [0.05, 0.1) is 13.2 Å². The molecule has 0 aromatic heterocycles. The van der Waals surface area contributed by atoms with Gasteiger partial charge in [0.15, 0.2) is 11.6 Å². The van der Waals surface area contributed by atoms with E-state index in [-0.39, 0.29) is 48.9 Å². The molecule has 3 N–H and O–H groups in total. The summed E-state index contributed by atoms with van der Waals surface area (Å²) in [5.74, 6) is -1.38. The molecule has 0 radical (unpaired) electrons. The van der Waals surface area contributed by atoms with Gasteiger partial charge in [-0.05, 0) is 55.7 Å². The second kappa shape index (κ2) is 12.3. The molecule has 1 saturated carbocycles. The Labute approximate surface area is 210 Å². The zero-order valence-corrected chi connectivity index (χ0v) is 20.8. The van der Waals surface area contributed by atoms with Crippen molar-refractivity contribution in [1.82, 2.24) is 15.5 Å². The van der Waals surface area contributed by atoms with E-state index < -0.39 is 29.6 Å². The number of nitrogens with one attached hydrogen (secondary N) is 3. The third-order valence-electron chi connectivity index (χ3n) is 5.70. The summed E-state index contributed by atoms with van der Waals surface area (Å²) in [6, 6.07) is 4.16. The van der Waals surface area contributed by atoms with Gasteiger partial charge in [-0.1, -0.05) is 26.0 Å². The van der Waals surface area contributed by atoms with Crippen LogP contribution in [0.25, 0.3) is 0 Å². The van der Waals surface area contributed by atoms with Crippen LogP contribution in [0.3, 0.4) is 0 Å². The maximum absolute atomic E-state index is 14.8. The Balaban J connectivity index is 1.60. The normalized spacial score (nSPS) is 16.2. The molecule has 1 aliphatic heterocycles. The fraction of sp³-hybridized carbons (Fsp3) is 0.462. The second-order valence-corrected chi connectivity index (χ2v) is 9.18. The minimum absolute atomic E-state index is 0.0149. The highest BCUT2D eigenvalue weighted by Gasteiger charge is 2.35.